The van der Waals surface area contributed by atoms with E-state index in [1.807, 2.05) is 0 Å². The SMILES string of the molecule is CCNC(=O)OCCN(C)C(=O)O. The van der Waals surface area contributed by atoms with Crippen molar-refractivity contribution in [3.8, 4) is 0 Å². The van der Waals surface area contributed by atoms with Crippen molar-refractivity contribution < 1.29 is 19.4 Å². The van der Waals surface area contributed by atoms with Gasteiger partial charge in [0, 0.05) is 13.6 Å². The zero-order chi connectivity index (χ0) is 10.3. The number of likely N-dealkylation sites (N-methyl/N-ethyl adjacent to an activating group) is 1. The van der Waals surface area contributed by atoms with Gasteiger partial charge < -0.3 is 20.1 Å². The van der Waals surface area contributed by atoms with Crippen LogP contribution in [0.25, 0.3) is 0 Å². The number of nitrogens with zero attached hydrogens (tertiary/aromatic N) is 1. The molecule has 0 aliphatic heterocycles. The van der Waals surface area contributed by atoms with E-state index < -0.39 is 12.2 Å². The molecule has 6 heteroatoms. The Kier molecular flexibility index (Phi) is 5.42. The summed E-state index contributed by atoms with van der Waals surface area (Å²) in [6.07, 6.45) is -1.57. The fourth-order valence-electron chi connectivity index (χ4n) is 0.566. The summed E-state index contributed by atoms with van der Waals surface area (Å²) in [6.45, 7) is 2.50. The Balaban J connectivity index is 3.44. The molecule has 0 heterocycles. The molecular formula is C7H14N2O4. The number of ether oxygens (including phenoxy) is 1. The largest absolute Gasteiger partial charge is 0.465 e. The van der Waals surface area contributed by atoms with Gasteiger partial charge in [0.1, 0.15) is 6.61 Å². The second-order valence-electron chi connectivity index (χ2n) is 2.37. The quantitative estimate of drug-likeness (QED) is 0.670. The second kappa shape index (κ2) is 6.10. The minimum atomic E-state index is -1.04. The number of carboxylic acid groups (broad SMARTS) is 1. The highest BCUT2D eigenvalue weighted by Gasteiger charge is 2.05. The predicted molar refractivity (Wildman–Crippen MR) is 45.7 cm³/mol. The topological polar surface area (TPSA) is 78.9 Å². The van der Waals surface area contributed by atoms with Gasteiger partial charge in [0.15, 0.2) is 0 Å². The van der Waals surface area contributed by atoms with Crippen LogP contribution in [0, 0.1) is 0 Å². The fourth-order valence-corrected chi connectivity index (χ4v) is 0.566. The molecular weight excluding hydrogens is 176 g/mol. The lowest BCUT2D eigenvalue weighted by molar-refractivity contribution is 0.121. The van der Waals surface area contributed by atoms with Gasteiger partial charge in [0.05, 0.1) is 6.54 Å². The molecule has 0 saturated heterocycles. The fraction of sp³-hybridized carbons (Fsp3) is 0.714. The normalized spacial score (nSPS) is 9.08. The minimum absolute atomic E-state index is 0.0641. The van der Waals surface area contributed by atoms with Crippen LogP contribution in [0.5, 0.6) is 0 Å². The first kappa shape index (κ1) is 11.5. The molecule has 0 atom stereocenters. The third-order valence-corrected chi connectivity index (χ3v) is 1.31. The highest BCUT2D eigenvalue weighted by molar-refractivity contribution is 5.67. The highest BCUT2D eigenvalue weighted by Crippen LogP contribution is 1.84. The summed E-state index contributed by atoms with van der Waals surface area (Å²) in [4.78, 5) is 22.0. The average Bonchev–Trinajstić information content (AvgIpc) is 2.04. The molecule has 0 saturated carbocycles. The maximum absolute atomic E-state index is 10.7. The molecule has 0 aromatic heterocycles. The smallest absolute Gasteiger partial charge is 0.407 e. The number of alkyl carbamates (subject to hydrolysis) is 1. The molecule has 0 radical (unpaired) electrons. The van der Waals surface area contributed by atoms with Gasteiger partial charge in [-0.2, -0.15) is 0 Å². The number of nitrogens with one attached hydrogen (secondary N) is 1. The Hall–Kier alpha value is -1.46. The number of hydrogen-bond acceptors (Lipinski definition) is 3. The average molecular weight is 190 g/mol. The van der Waals surface area contributed by atoms with E-state index in [0.29, 0.717) is 6.54 Å². The number of carbonyl (C=O) groups excluding carboxylic acids is 1. The summed E-state index contributed by atoms with van der Waals surface area (Å²) >= 11 is 0. The standard InChI is InChI=1S/C7H14N2O4/c1-3-8-6(10)13-5-4-9(2)7(11)12/h3-5H2,1-2H3,(H,8,10)(H,11,12). The molecule has 0 bridgehead atoms. The van der Waals surface area contributed by atoms with E-state index in [9.17, 15) is 9.59 Å². The zero-order valence-corrected chi connectivity index (χ0v) is 7.74. The van der Waals surface area contributed by atoms with E-state index in [1.165, 1.54) is 7.05 Å². The maximum atomic E-state index is 10.7. The molecule has 0 aromatic carbocycles. The van der Waals surface area contributed by atoms with Gasteiger partial charge in [-0.05, 0) is 6.92 Å². The predicted octanol–water partition coefficient (Wildman–Crippen LogP) is 0.342. The summed E-state index contributed by atoms with van der Waals surface area (Å²) < 4.78 is 4.65. The molecule has 76 valence electrons. The zero-order valence-electron chi connectivity index (χ0n) is 7.74. The first-order valence-corrected chi connectivity index (χ1v) is 3.92. The molecule has 2 amide bonds. The van der Waals surface area contributed by atoms with Gasteiger partial charge >= 0.3 is 12.2 Å². The summed E-state index contributed by atoms with van der Waals surface area (Å²) in [5.74, 6) is 0. The van der Waals surface area contributed by atoms with E-state index in [1.54, 1.807) is 6.92 Å². The van der Waals surface area contributed by atoms with Crippen molar-refractivity contribution in [3.63, 3.8) is 0 Å². The Morgan fingerprint density at radius 3 is 2.62 bits per heavy atom. The lowest BCUT2D eigenvalue weighted by atomic mass is 10.6. The number of carbonyl (C=O) groups is 2. The van der Waals surface area contributed by atoms with Gasteiger partial charge in [0.2, 0.25) is 0 Å². The summed E-state index contributed by atoms with van der Waals surface area (Å²) in [5.41, 5.74) is 0. The molecule has 0 fully saturated rings. The molecule has 0 rings (SSSR count). The number of hydrogen-bond donors (Lipinski definition) is 2. The number of rotatable bonds is 4. The van der Waals surface area contributed by atoms with Crippen LogP contribution in [-0.4, -0.2) is 48.9 Å². The molecule has 6 nitrogen and oxygen atoms in total. The van der Waals surface area contributed by atoms with Crippen LogP contribution < -0.4 is 5.32 Å². The highest BCUT2D eigenvalue weighted by atomic mass is 16.5. The van der Waals surface area contributed by atoms with E-state index >= 15 is 0 Å². The van der Waals surface area contributed by atoms with Gasteiger partial charge in [-0.1, -0.05) is 0 Å². The van der Waals surface area contributed by atoms with Crippen LogP contribution in [-0.2, 0) is 4.74 Å². The Bertz CT molecular complexity index is 183. The summed E-state index contributed by atoms with van der Waals surface area (Å²) in [6, 6.07) is 0. The van der Waals surface area contributed by atoms with Crippen LogP contribution in [0.3, 0.4) is 0 Å². The van der Waals surface area contributed by atoms with Crippen molar-refractivity contribution in [1.82, 2.24) is 10.2 Å². The third kappa shape index (κ3) is 5.77. The van der Waals surface area contributed by atoms with E-state index in [2.05, 4.69) is 10.1 Å². The first-order valence-electron chi connectivity index (χ1n) is 3.92. The summed E-state index contributed by atoms with van der Waals surface area (Å²) in [5, 5.41) is 10.8. The van der Waals surface area contributed by atoms with E-state index in [0.717, 1.165) is 4.90 Å². The van der Waals surface area contributed by atoms with Crippen LogP contribution in [0.4, 0.5) is 9.59 Å². The molecule has 0 aliphatic rings. The van der Waals surface area contributed by atoms with Crippen molar-refractivity contribution in [3.05, 3.63) is 0 Å². The molecule has 0 spiro atoms. The van der Waals surface area contributed by atoms with Gasteiger partial charge in [0.25, 0.3) is 0 Å². The van der Waals surface area contributed by atoms with Crippen LogP contribution >= 0.6 is 0 Å². The first-order chi connectivity index (χ1) is 6.07. The molecule has 0 aliphatic carbocycles. The lowest BCUT2D eigenvalue weighted by Crippen LogP contribution is -2.31. The minimum Gasteiger partial charge on any atom is -0.465 e. The Labute approximate surface area is 76.5 Å². The molecule has 13 heavy (non-hydrogen) atoms. The van der Waals surface area contributed by atoms with Crippen molar-refractivity contribution in [1.29, 1.82) is 0 Å². The van der Waals surface area contributed by atoms with Crippen LogP contribution in [0.1, 0.15) is 6.92 Å². The molecule has 0 aromatic rings. The van der Waals surface area contributed by atoms with Crippen molar-refractivity contribution in [2.45, 2.75) is 6.92 Å². The monoisotopic (exact) mass is 190 g/mol. The second-order valence-corrected chi connectivity index (χ2v) is 2.37. The van der Waals surface area contributed by atoms with Gasteiger partial charge in [-0.3, -0.25) is 0 Å². The lowest BCUT2D eigenvalue weighted by Gasteiger charge is -2.12. The Morgan fingerprint density at radius 2 is 2.15 bits per heavy atom. The number of amides is 2. The Morgan fingerprint density at radius 1 is 1.54 bits per heavy atom. The van der Waals surface area contributed by atoms with Gasteiger partial charge in [-0.15, -0.1) is 0 Å². The summed E-state index contributed by atoms with van der Waals surface area (Å²) in [7, 11) is 1.41. The third-order valence-electron chi connectivity index (χ3n) is 1.31. The molecule has 2 N–H and O–H groups in total. The van der Waals surface area contributed by atoms with E-state index in [-0.39, 0.29) is 13.2 Å². The van der Waals surface area contributed by atoms with Crippen molar-refractivity contribution >= 4 is 12.2 Å². The van der Waals surface area contributed by atoms with Gasteiger partial charge in [-0.25, -0.2) is 9.59 Å². The maximum Gasteiger partial charge on any atom is 0.407 e. The van der Waals surface area contributed by atoms with Crippen molar-refractivity contribution in [2.75, 3.05) is 26.7 Å². The molecule has 0 unspecified atom stereocenters. The van der Waals surface area contributed by atoms with E-state index in [4.69, 9.17) is 5.11 Å². The van der Waals surface area contributed by atoms with Crippen LogP contribution in [0.2, 0.25) is 0 Å². The van der Waals surface area contributed by atoms with Crippen LogP contribution in [0.15, 0.2) is 0 Å². The van der Waals surface area contributed by atoms with Crippen molar-refractivity contribution in [2.24, 2.45) is 0 Å².